The molecule has 0 bridgehead atoms. The summed E-state index contributed by atoms with van der Waals surface area (Å²) < 4.78 is 2.44. The highest BCUT2D eigenvalue weighted by molar-refractivity contribution is 9.10. The normalized spacial score (nSPS) is 10.9. The molecular weight excluding hydrogens is 404 g/mol. The second kappa shape index (κ2) is 7.84. The average Bonchev–Trinajstić information content (AvgIpc) is 2.59. The molecule has 2 aromatic carbocycles. The number of halogens is 1. The molecule has 0 saturated carbocycles. The van der Waals surface area contributed by atoms with Crippen LogP contribution in [0.3, 0.4) is 0 Å². The Morgan fingerprint density at radius 1 is 1.20 bits per heavy atom. The largest absolute Gasteiger partial charge is 0.481 e. The van der Waals surface area contributed by atoms with Crippen molar-refractivity contribution in [3.63, 3.8) is 0 Å². The smallest absolute Gasteiger partial charge is 0.305 e. The highest BCUT2D eigenvalue weighted by Gasteiger charge is 2.12. The Balaban J connectivity index is 1.97. The number of aromatic nitrogens is 2. The van der Waals surface area contributed by atoms with E-state index in [1.807, 2.05) is 30.3 Å². The lowest BCUT2D eigenvalue weighted by molar-refractivity contribution is -0.137. The van der Waals surface area contributed by atoms with E-state index in [0.29, 0.717) is 21.8 Å². The Labute approximate surface area is 156 Å². The Hall–Kier alpha value is -2.12. The molecule has 0 atom stereocenters. The second-order valence-electron chi connectivity index (χ2n) is 5.43. The number of carbonyl (C=O) groups is 1. The van der Waals surface area contributed by atoms with Crippen LogP contribution in [0.4, 0.5) is 0 Å². The van der Waals surface area contributed by atoms with Crippen molar-refractivity contribution in [1.82, 2.24) is 9.55 Å². The number of benzene rings is 2. The monoisotopic (exact) mass is 418 g/mol. The number of nitrogens with zero attached hydrogens (tertiary/aromatic N) is 2. The van der Waals surface area contributed by atoms with Crippen molar-refractivity contribution in [3.05, 3.63) is 68.9 Å². The zero-order chi connectivity index (χ0) is 17.8. The molecule has 0 saturated heterocycles. The first-order valence-corrected chi connectivity index (χ1v) is 9.41. The van der Waals surface area contributed by atoms with Crippen molar-refractivity contribution in [2.24, 2.45) is 0 Å². The van der Waals surface area contributed by atoms with Gasteiger partial charge in [-0.2, -0.15) is 0 Å². The van der Waals surface area contributed by atoms with Gasteiger partial charge in [0.1, 0.15) is 0 Å². The Morgan fingerprint density at radius 2 is 2.00 bits per heavy atom. The predicted octanol–water partition coefficient (Wildman–Crippen LogP) is 3.93. The SMILES string of the molecule is O=C(O)CCn1c(SCc2cccc(Br)c2)nc2ccccc2c1=O. The summed E-state index contributed by atoms with van der Waals surface area (Å²) in [5, 5.41) is 9.99. The van der Waals surface area contributed by atoms with E-state index in [4.69, 9.17) is 5.11 Å². The molecule has 3 aromatic rings. The van der Waals surface area contributed by atoms with E-state index in [2.05, 4.69) is 20.9 Å². The van der Waals surface area contributed by atoms with Crippen molar-refractivity contribution in [1.29, 1.82) is 0 Å². The van der Waals surface area contributed by atoms with E-state index in [1.54, 1.807) is 18.2 Å². The summed E-state index contributed by atoms with van der Waals surface area (Å²) in [5.41, 5.74) is 1.51. The highest BCUT2D eigenvalue weighted by atomic mass is 79.9. The summed E-state index contributed by atoms with van der Waals surface area (Å²) >= 11 is 4.87. The summed E-state index contributed by atoms with van der Waals surface area (Å²) in [6.07, 6.45) is -0.121. The number of hydrogen-bond acceptors (Lipinski definition) is 4. The first-order chi connectivity index (χ1) is 12.0. The molecular formula is C18H15BrN2O3S. The van der Waals surface area contributed by atoms with Gasteiger partial charge >= 0.3 is 5.97 Å². The van der Waals surface area contributed by atoms with E-state index < -0.39 is 5.97 Å². The molecule has 128 valence electrons. The van der Waals surface area contributed by atoms with Gasteiger partial charge in [-0.15, -0.1) is 0 Å². The number of para-hydroxylation sites is 1. The molecule has 0 aliphatic heterocycles. The number of fused-ring (bicyclic) bond motifs is 1. The minimum absolute atomic E-state index is 0.104. The fourth-order valence-corrected chi connectivity index (χ4v) is 3.85. The first-order valence-electron chi connectivity index (χ1n) is 7.63. The van der Waals surface area contributed by atoms with Crippen molar-refractivity contribution in [2.45, 2.75) is 23.9 Å². The summed E-state index contributed by atoms with van der Waals surface area (Å²) in [7, 11) is 0. The van der Waals surface area contributed by atoms with Gasteiger partial charge in [-0.1, -0.05) is 52.0 Å². The molecule has 3 rings (SSSR count). The summed E-state index contributed by atoms with van der Waals surface area (Å²) in [4.78, 5) is 28.2. The highest BCUT2D eigenvalue weighted by Crippen LogP contribution is 2.23. The molecule has 7 heteroatoms. The van der Waals surface area contributed by atoms with E-state index in [-0.39, 0.29) is 18.5 Å². The summed E-state index contributed by atoms with van der Waals surface area (Å²) in [5.74, 6) is -0.305. The molecule has 1 N–H and O–H groups in total. The van der Waals surface area contributed by atoms with Crippen LogP contribution in [-0.2, 0) is 17.1 Å². The van der Waals surface area contributed by atoms with Crippen molar-refractivity contribution < 1.29 is 9.90 Å². The summed E-state index contributed by atoms with van der Waals surface area (Å²) in [6, 6.07) is 15.0. The fraction of sp³-hybridized carbons (Fsp3) is 0.167. The molecule has 0 spiro atoms. The zero-order valence-electron chi connectivity index (χ0n) is 13.2. The first kappa shape index (κ1) is 17.7. The van der Waals surface area contributed by atoms with Gasteiger partial charge in [0.25, 0.3) is 5.56 Å². The van der Waals surface area contributed by atoms with Crippen LogP contribution in [0.15, 0.2) is 63.0 Å². The third-order valence-corrected chi connectivity index (χ3v) is 5.17. The topological polar surface area (TPSA) is 72.2 Å². The fourth-order valence-electron chi connectivity index (χ4n) is 2.44. The number of hydrogen-bond donors (Lipinski definition) is 1. The predicted molar refractivity (Wildman–Crippen MR) is 102 cm³/mol. The molecule has 0 radical (unpaired) electrons. The minimum Gasteiger partial charge on any atom is -0.481 e. The molecule has 1 aromatic heterocycles. The van der Waals surface area contributed by atoms with Crippen LogP contribution >= 0.6 is 27.7 Å². The average molecular weight is 419 g/mol. The van der Waals surface area contributed by atoms with Gasteiger partial charge in [0, 0.05) is 16.8 Å². The number of aliphatic carboxylic acids is 1. The van der Waals surface area contributed by atoms with Gasteiger partial charge in [-0.05, 0) is 29.8 Å². The molecule has 0 aliphatic carbocycles. The van der Waals surface area contributed by atoms with Crippen LogP contribution < -0.4 is 5.56 Å². The molecule has 5 nitrogen and oxygen atoms in total. The maximum Gasteiger partial charge on any atom is 0.305 e. The van der Waals surface area contributed by atoms with Crippen LogP contribution in [0.1, 0.15) is 12.0 Å². The zero-order valence-corrected chi connectivity index (χ0v) is 15.6. The van der Waals surface area contributed by atoms with E-state index >= 15 is 0 Å². The number of thioether (sulfide) groups is 1. The molecule has 25 heavy (non-hydrogen) atoms. The lowest BCUT2D eigenvalue weighted by Gasteiger charge is -2.12. The third kappa shape index (κ3) is 4.29. The number of carboxylic acid groups (broad SMARTS) is 1. The Bertz CT molecular complexity index is 987. The van der Waals surface area contributed by atoms with Crippen LogP contribution in [0.2, 0.25) is 0 Å². The van der Waals surface area contributed by atoms with Gasteiger partial charge in [-0.3, -0.25) is 14.2 Å². The van der Waals surface area contributed by atoms with E-state index in [9.17, 15) is 9.59 Å². The number of rotatable bonds is 6. The number of carboxylic acids is 1. The molecule has 0 aliphatic rings. The van der Waals surface area contributed by atoms with E-state index in [0.717, 1.165) is 10.0 Å². The van der Waals surface area contributed by atoms with Crippen molar-refractivity contribution in [2.75, 3.05) is 0 Å². The van der Waals surface area contributed by atoms with Crippen molar-refractivity contribution in [3.8, 4) is 0 Å². The Kier molecular flexibility index (Phi) is 5.55. The minimum atomic E-state index is -0.942. The van der Waals surface area contributed by atoms with E-state index in [1.165, 1.54) is 16.3 Å². The summed E-state index contributed by atoms with van der Waals surface area (Å²) in [6.45, 7) is 0.104. The van der Waals surface area contributed by atoms with Gasteiger partial charge in [0.2, 0.25) is 0 Å². The molecule has 0 amide bonds. The maximum atomic E-state index is 12.7. The van der Waals surface area contributed by atoms with Gasteiger partial charge in [-0.25, -0.2) is 4.98 Å². The van der Waals surface area contributed by atoms with Gasteiger partial charge in [0.05, 0.1) is 17.3 Å². The quantitative estimate of drug-likeness (QED) is 0.484. The van der Waals surface area contributed by atoms with Crippen LogP contribution in [0.25, 0.3) is 10.9 Å². The molecule has 0 unspecified atom stereocenters. The Morgan fingerprint density at radius 3 is 2.76 bits per heavy atom. The maximum absolute atomic E-state index is 12.7. The standard InChI is InChI=1S/C18H15BrN2O3S/c19-13-5-3-4-12(10-13)11-25-18-20-15-7-2-1-6-14(15)17(24)21(18)9-8-16(22)23/h1-7,10H,8-9,11H2,(H,22,23). The van der Waals surface area contributed by atoms with Gasteiger partial charge in [0.15, 0.2) is 5.16 Å². The second-order valence-corrected chi connectivity index (χ2v) is 7.29. The van der Waals surface area contributed by atoms with Crippen molar-refractivity contribution >= 4 is 44.6 Å². The van der Waals surface area contributed by atoms with Crippen LogP contribution in [-0.4, -0.2) is 20.6 Å². The lowest BCUT2D eigenvalue weighted by Crippen LogP contribution is -2.24. The van der Waals surface area contributed by atoms with Crippen LogP contribution in [0, 0.1) is 0 Å². The molecule has 0 fully saturated rings. The lowest BCUT2D eigenvalue weighted by atomic mass is 10.2. The molecule has 1 heterocycles. The van der Waals surface area contributed by atoms with Gasteiger partial charge < -0.3 is 5.11 Å². The third-order valence-electron chi connectivity index (χ3n) is 3.63. The van der Waals surface area contributed by atoms with Crippen LogP contribution in [0.5, 0.6) is 0 Å².